The number of rotatable bonds is 9. The molecule has 144 valence electrons. The molecule has 1 aliphatic rings. The van der Waals surface area contributed by atoms with Gasteiger partial charge in [0, 0.05) is 6.61 Å². The maximum absolute atomic E-state index is 10.1. The van der Waals surface area contributed by atoms with E-state index < -0.39 is 20.2 Å². The number of hydrogen-bond donors (Lipinski definition) is 2. The molecule has 0 aromatic rings. The van der Waals surface area contributed by atoms with Crippen LogP contribution in [0.25, 0.3) is 0 Å². The van der Waals surface area contributed by atoms with Gasteiger partial charge in [0.25, 0.3) is 0 Å². The maximum atomic E-state index is 10.1. The molecule has 0 spiro atoms. The van der Waals surface area contributed by atoms with Crippen LogP contribution >= 0.6 is 0 Å². The summed E-state index contributed by atoms with van der Waals surface area (Å²) in [5.41, 5.74) is 1.29. The second-order valence-electron chi connectivity index (χ2n) is 8.31. The van der Waals surface area contributed by atoms with Crippen LogP contribution in [0.15, 0.2) is 0 Å². The third-order valence-electron chi connectivity index (χ3n) is 5.24. The van der Waals surface area contributed by atoms with Crippen LogP contribution in [0.1, 0.15) is 61.8 Å². The van der Waals surface area contributed by atoms with E-state index >= 15 is 0 Å². The molecule has 1 saturated heterocycles. The summed E-state index contributed by atoms with van der Waals surface area (Å²) in [7, 11) is -2.14. The van der Waals surface area contributed by atoms with Crippen LogP contribution in [0.5, 0.6) is 0 Å². The van der Waals surface area contributed by atoms with Crippen molar-refractivity contribution >= 4 is 8.32 Å². The highest BCUT2D eigenvalue weighted by molar-refractivity contribution is 6.77. The lowest BCUT2D eigenvalue weighted by molar-refractivity contribution is -0.156. The Kier molecular flexibility index (Phi) is 7.91. The highest BCUT2D eigenvalue weighted by Gasteiger charge is 2.51. The molecule has 1 fully saturated rings. The smallest absolute Gasteiger partial charge is 0.201 e. The third kappa shape index (κ3) is 4.59. The Morgan fingerprint density at radius 2 is 1.46 bits per heavy atom. The summed E-state index contributed by atoms with van der Waals surface area (Å²) in [6.07, 6.45) is -0.573. The van der Waals surface area contributed by atoms with Crippen LogP contribution in [-0.2, 0) is 13.9 Å². The van der Waals surface area contributed by atoms with Crippen LogP contribution in [0.2, 0.25) is 16.6 Å². The van der Waals surface area contributed by atoms with E-state index in [-0.39, 0.29) is 25.4 Å². The predicted molar refractivity (Wildman–Crippen MR) is 98.5 cm³/mol. The van der Waals surface area contributed by atoms with Gasteiger partial charge in [-0.2, -0.15) is 0 Å². The molecule has 0 saturated carbocycles. The lowest BCUT2D eigenvalue weighted by Gasteiger charge is -2.45. The molecule has 0 aromatic heterocycles. The van der Waals surface area contributed by atoms with E-state index in [2.05, 4.69) is 41.5 Å². The number of aliphatic hydroxyl groups excluding tert-OH is 2. The van der Waals surface area contributed by atoms with Crippen LogP contribution in [0.4, 0.5) is 0 Å². The molecular formula is C18H38O5Si. The molecule has 6 heteroatoms. The first kappa shape index (κ1) is 22.1. The first-order valence-electron chi connectivity index (χ1n) is 9.27. The molecular weight excluding hydrogens is 324 g/mol. The summed E-state index contributed by atoms with van der Waals surface area (Å²) in [6.45, 7) is 17.0. The van der Waals surface area contributed by atoms with Crippen molar-refractivity contribution in [2.75, 3.05) is 13.2 Å². The zero-order valence-corrected chi connectivity index (χ0v) is 17.7. The Labute approximate surface area is 148 Å². The minimum Gasteiger partial charge on any atom is -0.408 e. The summed E-state index contributed by atoms with van der Waals surface area (Å²) in [5, 5.41) is 19.4. The first-order valence-corrected chi connectivity index (χ1v) is 11.4. The van der Waals surface area contributed by atoms with E-state index in [0.29, 0.717) is 23.0 Å². The molecule has 0 amide bonds. The zero-order chi connectivity index (χ0) is 18.7. The van der Waals surface area contributed by atoms with E-state index in [9.17, 15) is 10.2 Å². The maximum Gasteiger partial charge on any atom is 0.201 e. The number of hydrogen-bond acceptors (Lipinski definition) is 5. The van der Waals surface area contributed by atoms with Crippen molar-refractivity contribution in [2.45, 2.75) is 103 Å². The second kappa shape index (κ2) is 8.60. The minimum absolute atomic E-state index is 0.0276. The zero-order valence-electron chi connectivity index (χ0n) is 16.7. The van der Waals surface area contributed by atoms with Gasteiger partial charge in [-0.1, -0.05) is 41.5 Å². The average molecular weight is 363 g/mol. The predicted octanol–water partition coefficient (Wildman–Crippen LogP) is 3.44. The van der Waals surface area contributed by atoms with Crippen molar-refractivity contribution in [3.8, 4) is 0 Å². The van der Waals surface area contributed by atoms with Crippen LogP contribution < -0.4 is 0 Å². The van der Waals surface area contributed by atoms with Crippen LogP contribution in [-0.4, -0.2) is 55.8 Å². The van der Waals surface area contributed by atoms with Gasteiger partial charge in [-0.15, -0.1) is 0 Å². The summed E-state index contributed by atoms with van der Waals surface area (Å²) >= 11 is 0. The van der Waals surface area contributed by atoms with E-state index in [4.69, 9.17) is 13.9 Å². The molecule has 0 radical (unpaired) electrons. The van der Waals surface area contributed by atoms with Gasteiger partial charge in [-0.3, -0.25) is 0 Å². The van der Waals surface area contributed by atoms with Gasteiger partial charge in [-0.05, 0) is 36.9 Å². The summed E-state index contributed by atoms with van der Waals surface area (Å²) in [4.78, 5) is 0. The van der Waals surface area contributed by atoms with Gasteiger partial charge in [0.15, 0.2) is 5.79 Å². The number of aliphatic hydroxyl groups is 2. The van der Waals surface area contributed by atoms with Crippen LogP contribution in [0, 0.1) is 0 Å². The van der Waals surface area contributed by atoms with E-state index in [0.717, 1.165) is 0 Å². The summed E-state index contributed by atoms with van der Waals surface area (Å²) in [5.74, 6) is -0.723. The second-order valence-corrected chi connectivity index (χ2v) is 13.7. The molecule has 2 N–H and O–H groups in total. The van der Waals surface area contributed by atoms with Gasteiger partial charge >= 0.3 is 0 Å². The topological polar surface area (TPSA) is 68.2 Å². The normalized spacial score (nSPS) is 25.9. The molecule has 1 aliphatic heterocycles. The number of ether oxygens (including phenoxy) is 2. The van der Waals surface area contributed by atoms with Crippen molar-refractivity contribution in [1.29, 1.82) is 0 Å². The Morgan fingerprint density at radius 1 is 0.958 bits per heavy atom. The Hall–Kier alpha value is 0.0169. The molecule has 1 heterocycles. The van der Waals surface area contributed by atoms with Crippen molar-refractivity contribution in [3.05, 3.63) is 0 Å². The monoisotopic (exact) mass is 362 g/mol. The molecule has 1 rings (SSSR count). The van der Waals surface area contributed by atoms with E-state index in [1.54, 1.807) is 0 Å². The molecule has 0 unspecified atom stereocenters. The van der Waals surface area contributed by atoms with Crippen molar-refractivity contribution < 1.29 is 24.1 Å². The van der Waals surface area contributed by atoms with Gasteiger partial charge in [0.1, 0.15) is 6.10 Å². The van der Waals surface area contributed by atoms with E-state index in [1.165, 1.54) is 0 Å². The molecule has 0 aliphatic carbocycles. The average Bonchev–Trinajstić information content (AvgIpc) is 2.74. The van der Waals surface area contributed by atoms with Gasteiger partial charge in [0.05, 0.1) is 18.8 Å². The fourth-order valence-electron chi connectivity index (χ4n) is 4.41. The molecule has 24 heavy (non-hydrogen) atoms. The Balaban J connectivity index is 3.10. The highest BCUT2D eigenvalue weighted by atomic mass is 28.4. The Morgan fingerprint density at radius 3 is 1.83 bits per heavy atom. The van der Waals surface area contributed by atoms with Gasteiger partial charge < -0.3 is 24.1 Å². The lowest BCUT2D eigenvalue weighted by Crippen LogP contribution is -2.54. The fourth-order valence-corrected chi connectivity index (χ4v) is 9.96. The molecule has 5 nitrogen and oxygen atoms in total. The largest absolute Gasteiger partial charge is 0.408 e. The van der Waals surface area contributed by atoms with Gasteiger partial charge in [-0.25, -0.2) is 0 Å². The summed E-state index contributed by atoms with van der Waals surface area (Å²) < 4.78 is 18.7. The minimum atomic E-state index is -2.14. The molecule has 3 atom stereocenters. The summed E-state index contributed by atoms with van der Waals surface area (Å²) in [6, 6.07) is 0. The van der Waals surface area contributed by atoms with Gasteiger partial charge in [0.2, 0.25) is 8.32 Å². The van der Waals surface area contributed by atoms with E-state index in [1.807, 2.05) is 13.8 Å². The van der Waals surface area contributed by atoms with Crippen molar-refractivity contribution in [1.82, 2.24) is 0 Å². The Bertz CT molecular complexity index is 362. The third-order valence-corrected chi connectivity index (χ3v) is 11.4. The highest BCUT2D eigenvalue weighted by Crippen LogP contribution is 2.44. The van der Waals surface area contributed by atoms with Crippen molar-refractivity contribution in [3.63, 3.8) is 0 Å². The first-order chi connectivity index (χ1) is 11.0. The standard InChI is InChI=1S/C18H38O5Si/c1-12(2)24(13(3)4,14(5)6)23-16(11-20)17-15(9-10-19)21-18(7,8)22-17/h12-17,19-20H,9-11H2,1-8H3/t15-,16-,17-/m0/s1. The fraction of sp³-hybridized carbons (Fsp3) is 1.00. The quantitative estimate of drug-likeness (QED) is 0.615. The lowest BCUT2D eigenvalue weighted by atomic mass is 10.1. The SMILES string of the molecule is CC(C)[Si](O[C@@H](CO)[C@H]1OC(C)(C)O[C@H]1CCO)(C(C)C)C(C)C. The van der Waals surface area contributed by atoms with Crippen LogP contribution in [0.3, 0.4) is 0 Å². The molecule has 0 bridgehead atoms. The van der Waals surface area contributed by atoms with Crippen molar-refractivity contribution in [2.24, 2.45) is 0 Å². The molecule has 0 aromatic carbocycles.